The molecular weight excluding hydrogens is 304 g/mol. The molecule has 4 rings (SSSR count). The zero-order valence-electron chi connectivity index (χ0n) is 14.6. The quantitative estimate of drug-likeness (QED) is 0.829. The van der Waals surface area contributed by atoms with E-state index in [2.05, 4.69) is 55.7 Å². The van der Waals surface area contributed by atoms with Crippen molar-refractivity contribution in [2.24, 2.45) is 0 Å². The van der Waals surface area contributed by atoms with Crippen LogP contribution in [-0.4, -0.2) is 84.5 Å². The van der Waals surface area contributed by atoms with E-state index in [4.69, 9.17) is 9.72 Å². The van der Waals surface area contributed by atoms with E-state index in [0.717, 1.165) is 64.1 Å². The summed E-state index contributed by atoms with van der Waals surface area (Å²) in [6, 6.07) is 8.41. The van der Waals surface area contributed by atoms with Crippen LogP contribution in [-0.2, 0) is 11.4 Å². The lowest BCUT2D eigenvalue weighted by molar-refractivity contribution is 0.0722. The minimum Gasteiger partial charge on any atom is -0.383 e. The zero-order chi connectivity index (χ0) is 16.5. The van der Waals surface area contributed by atoms with Crippen LogP contribution in [0.1, 0.15) is 0 Å². The third-order valence-electron chi connectivity index (χ3n) is 4.97. The normalized spacial score (nSPS) is 20.7. The lowest BCUT2D eigenvalue weighted by atomic mass is 10.3. The fraction of sp³-hybridized carbons (Fsp3) is 0.588. The highest BCUT2D eigenvalue weighted by molar-refractivity contribution is 5.78. The highest BCUT2D eigenvalue weighted by Gasteiger charge is 2.31. The van der Waals surface area contributed by atoms with Gasteiger partial charge in [-0.25, -0.2) is 9.99 Å². The van der Waals surface area contributed by atoms with Gasteiger partial charge < -0.3 is 9.64 Å². The van der Waals surface area contributed by atoms with E-state index in [1.165, 1.54) is 5.52 Å². The maximum absolute atomic E-state index is 5.29. The lowest BCUT2D eigenvalue weighted by Crippen LogP contribution is -2.58. The molecule has 1 aromatic heterocycles. The van der Waals surface area contributed by atoms with Crippen LogP contribution in [0.3, 0.4) is 0 Å². The first-order chi connectivity index (χ1) is 11.8. The van der Waals surface area contributed by atoms with E-state index in [1.54, 1.807) is 7.11 Å². The SMILES string of the molecule is COCCN1CN(N2CCN(C)CC2)c2nc3ccccc3n2C1. The van der Waals surface area contributed by atoms with Crippen LogP contribution in [0.5, 0.6) is 0 Å². The Morgan fingerprint density at radius 1 is 1.08 bits per heavy atom. The predicted octanol–water partition coefficient (Wildman–Crippen LogP) is 0.882. The van der Waals surface area contributed by atoms with Crippen molar-refractivity contribution in [1.29, 1.82) is 0 Å². The number of rotatable bonds is 4. The van der Waals surface area contributed by atoms with Crippen LogP contribution in [0.4, 0.5) is 5.95 Å². The Labute approximate surface area is 143 Å². The Morgan fingerprint density at radius 3 is 2.67 bits per heavy atom. The van der Waals surface area contributed by atoms with Crippen molar-refractivity contribution in [3.05, 3.63) is 24.3 Å². The second-order valence-corrected chi connectivity index (χ2v) is 6.66. The van der Waals surface area contributed by atoms with Crippen LogP contribution < -0.4 is 5.01 Å². The molecule has 2 aliphatic rings. The van der Waals surface area contributed by atoms with Gasteiger partial charge in [-0.2, -0.15) is 0 Å². The standard InChI is InChI=1S/C17H26N6O/c1-19-7-9-21(10-8-19)23-14-20(11-12-24-2)13-22-16-6-4-3-5-15(16)18-17(22)23/h3-6H,7-14H2,1-2H3. The van der Waals surface area contributed by atoms with Crippen LogP contribution >= 0.6 is 0 Å². The van der Waals surface area contributed by atoms with E-state index in [-0.39, 0.29) is 0 Å². The topological polar surface area (TPSA) is 40.0 Å². The molecule has 0 unspecified atom stereocenters. The average molecular weight is 330 g/mol. The van der Waals surface area contributed by atoms with Gasteiger partial charge in [0.1, 0.15) is 0 Å². The molecule has 1 saturated heterocycles. The molecule has 1 fully saturated rings. The second kappa shape index (κ2) is 6.68. The van der Waals surface area contributed by atoms with Crippen molar-refractivity contribution in [3.63, 3.8) is 0 Å². The Bertz CT molecular complexity index is 693. The molecule has 24 heavy (non-hydrogen) atoms. The summed E-state index contributed by atoms with van der Waals surface area (Å²) in [5.41, 5.74) is 2.27. The van der Waals surface area contributed by atoms with Crippen molar-refractivity contribution in [3.8, 4) is 0 Å². The smallest absolute Gasteiger partial charge is 0.223 e. The maximum Gasteiger partial charge on any atom is 0.223 e. The molecule has 2 aromatic rings. The number of ether oxygens (including phenoxy) is 1. The van der Waals surface area contributed by atoms with Crippen molar-refractivity contribution < 1.29 is 4.74 Å². The Balaban J connectivity index is 1.67. The number of hydrogen-bond donors (Lipinski definition) is 0. The molecule has 0 saturated carbocycles. The number of nitrogens with zero attached hydrogens (tertiary/aromatic N) is 6. The first kappa shape index (κ1) is 15.8. The van der Waals surface area contributed by atoms with Gasteiger partial charge in [0, 0.05) is 39.8 Å². The molecule has 0 bridgehead atoms. The largest absolute Gasteiger partial charge is 0.383 e. The van der Waals surface area contributed by atoms with Gasteiger partial charge in [-0.15, -0.1) is 0 Å². The fourth-order valence-electron chi connectivity index (χ4n) is 3.51. The molecule has 3 heterocycles. The number of benzene rings is 1. The first-order valence-electron chi connectivity index (χ1n) is 8.64. The minimum atomic E-state index is 0.749. The number of piperazine rings is 1. The number of anilines is 1. The summed E-state index contributed by atoms with van der Waals surface area (Å²) >= 11 is 0. The summed E-state index contributed by atoms with van der Waals surface area (Å²) in [6.07, 6.45) is 0. The van der Waals surface area contributed by atoms with Gasteiger partial charge >= 0.3 is 0 Å². The number of likely N-dealkylation sites (N-methyl/N-ethyl adjacent to an activating group) is 1. The van der Waals surface area contributed by atoms with Gasteiger partial charge in [0.2, 0.25) is 5.95 Å². The van der Waals surface area contributed by atoms with Crippen LogP contribution in [0, 0.1) is 0 Å². The molecule has 7 nitrogen and oxygen atoms in total. The number of imidazole rings is 1. The summed E-state index contributed by atoms with van der Waals surface area (Å²) in [4.78, 5) is 9.72. The highest BCUT2D eigenvalue weighted by Crippen LogP contribution is 2.28. The van der Waals surface area contributed by atoms with Crippen LogP contribution in [0.25, 0.3) is 11.0 Å². The second-order valence-electron chi connectivity index (χ2n) is 6.66. The molecule has 0 atom stereocenters. The summed E-state index contributed by atoms with van der Waals surface area (Å²) in [5, 5.41) is 4.79. The van der Waals surface area contributed by atoms with Crippen molar-refractivity contribution in [2.75, 3.05) is 65.2 Å². The first-order valence-corrected chi connectivity index (χ1v) is 8.64. The number of hydrogen-bond acceptors (Lipinski definition) is 6. The minimum absolute atomic E-state index is 0.749. The molecule has 7 heteroatoms. The molecular formula is C17H26N6O. The van der Waals surface area contributed by atoms with E-state index in [0.29, 0.717) is 0 Å². The highest BCUT2D eigenvalue weighted by atomic mass is 16.5. The number of para-hydroxylation sites is 2. The summed E-state index contributed by atoms with van der Waals surface area (Å²) in [6.45, 7) is 7.67. The molecule has 0 aliphatic carbocycles. The number of aromatic nitrogens is 2. The van der Waals surface area contributed by atoms with Gasteiger partial charge in [0.25, 0.3) is 0 Å². The molecule has 0 amide bonds. The van der Waals surface area contributed by atoms with Crippen LogP contribution in [0.2, 0.25) is 0 Å². The number of fused-ring (bicyclic) bond motifs is 3. The zero-order valence-corrected chi connectivity index (χ0v) is 14.6. The Hall–Kier alpha value is -1.67. The molecule has 130 valence electrons. The third-order valence-corrected chi connectivity index (χ3v) is 4.97. The molecule has 0 spiro atoms. The molecule has 1 aromatic carbocycles. The van der Waals surface area contributed by atoms with Crippen molar-refractivity contribution >= 4 is 17.0 Å². The lowest BCUT2D eigenvalue weighted by Gasteiger charge is -2.45. The van der Waals surface area contributed by atoms with Crippen LogP contribution in [0.15, 0.2) is 24.3 Å². The van der Waals surface area contributed by atoms with E-state index in [1.807, 2.05) is 0 Å². The monoisotopic (exact) mass is 330 g/mol. The Morgan fingerprint density at radius 2 is 1.88 bits per heavy atom. The van der Waals surface area contributed by atoms with Gasteiger partial charge in [-0.3, -0.25) is 14.5 Å². The average Bonchev–Trinajstić information content (AvgIpc) is 2.99. The predicted molar refractivity (Wildman–Crippen MR) is 94.7 cm³/mol. The maximum atomic E-state index is 5.29. The van der Waals surface area contributed by atoms with Crippen molar-refractivity contribution in [1.82, 2.24) is 24.4 Å². The van der Waals surface area contributed by atoms with Gasteiger partial charge in [-0.1, -0.05) is 12.1 Å². The van der Waals surface area contributed by atoms with E-state index < -0.39 is 0 Å². The van der Waals surface area contributed by atoms with E-state index >= 15 is 0 Å². The van der Waals surface area contributed by atoms with Crippen molar-refractivity contribution in [2.45, 2.75) is 6.67 Å². The summed E-state index contributed by atoms with van der Waals surface area (Å²) in [5.74, 6) is 1.06. The Kier molecular flexibility index (Phi) is 4.41. The van der Waals surface area contributed by atoms with Gasteiger partial charge in [-0.05, 0) is 19.2 Å². The number of methoxy groups -OCH3 is 1. The summed E-state index contributed by atoms with van der Waals surface area (Å²) < 4.78 is 7.62. The fourth-order valence-corrected chi connectivity index (χ4v) is 3.51. The number of hydrazine groups is 1. The van der Waals surface area contributed by atoms with E-state index in [9.17, 15) is 0 Å². The molecule has 0 N–H and O–H groups in total. The third kappa shape index (κ3) is 2.88. The molecule has 2 aliphatic heterocycles. The van der Waals surface area contributed by atoms with Gasteiger partial charge in [0.05, 0.1) is 31.0 Å². The summed E-state index contributed by atoms with van der Waals surface area (Å²) in [7, 11) is 3.95. The van der Waals surface area contributed by atoms with Gasteiger partial charge in [0.15, 0.2) is 0 Å². The molecule has 0 radical (unpaired) electrons.